The number of hydroxylamine groups is 1. The number of benzene rings is 1. The molecule has 82 valence electrons. The number of hydrogen-bond donors (Lipinski definition) is 2. The molecular weight excluding hydrogens is 188 g/mol. The third-order valence-electron chi connectivity index (χ3n) is 3.26. The summed E-state index contributed by atoms with van der Waals surface area (Å²) >= 11 is 0. The minimum atomic E-state index is 0.0266. The van der Waals surface area contributed by atoms with Crippen molar-refractivity contribution in [2.45, 2.75) is 24.9 Å². The van der Waals surface area contributed by atoms with E-state index in [4.69, 9.17) is 0 Å². The SMILES string of the molecule is CN1CCCC1C(NO)c1ccccc1. The Morgan fingerprint density at radius 2 is 2.13 bits per heavy atom. The number of nitrogens with zero attached hydrogens (tertiary/aromatic N) is 1. The molecule has 2 N–H and O–H groups in total. The second-order valence-corrected chi connectivity index (χ2v) is 4.21. The Morgan fingerprint density at radius 3 is 2.67 bits per heavy atom. The van der Waals surface area contributed by atoms with Crippen molar-refractivity contribution in [2.24, 2.45) is 0 Å². The summed E-state index contributed by atoms with van der Waals surface area (Å²) < 4.78 is 0. The number of likely N-dealkylation sites (N-methyl/N-ethyl adjacent to an activating group) is 1. The molecule has 2 unspecified atom stereocenters. The lowest BCUT2D eigenvalue weighted by molar-refractivity contribution is 0.0846. The predicted octanol–water partition coefficient (Wildman–Crippen LogP) is 1.80. The molecule has 3 nitrogen and oxygen atoms in total. The van der Waals surface area contributed by atoms with Gasteiger partial charge in [0.25, 0.3) is 0 Å². The highest BCUT2D eigenvalue weighted by Gasteiger charge is 2.29. The van der Waals surface area contributed by atoms with E-state index in [2.05, 4.69) is 29.6 Å². The van der Waals surface area contributed by atoms with Crippen LogP contribution in [0.3, 0.4) is 0 Å². The fourth-order valence-corrected chi connectivity index (χ4v) is 2.40. The minimum Gasteiger partial charge on any atom is -0.316 e. The van der Waals surface area contributed by atoms with Crippen LogP contribution in [0.5, 0.6) is 0 Å². The van der Waals surface area contributed by atoms with Gasteiger partial charge in [0.15, 0.2) is 0 Å². The quantitative estimate of drug-likeness (QED) is 0.740. The molecule has 1 fully saturated rings. The van der Waals surface area contributed by atoms with E-state index in [1.54, 1.807) is 0 Å². The Morgan fingerprint density at radius 1 is 1.40 bits per heavy atom. The second-order valence-electron chi connectivity index (χ2n) is 4.21. The summed E-state index contributed by atoms with van der Waals surface area (Å²) in [5.41, 5.74) is 3.60. The molecule has 1 heterocycles. The molecule has 1 aromatic carbocycles. The molecule has 0 radical (unpaired) electrons. The Bertz CT molecular complexity index is 302. The van der Waals surface area contributed by atoms with Gasteiger partial charge in [0.2, 0.25) is 0 Å². The molecule has 1 aliphatic rings. The van der Waals surface area contributed by atoms with Crippen LogP contribution >= 0.6 is 0 Å². The van der Waals surface area contributed by atoms with Gasteiger partial charge in [0.1, 0.15) is 0 Å². The largest absolute Gasteiger partial charge is 0.316 e. The molecule has 0 amide bonds. The predicted molar refractivity (Wildman–Crippen MR) is 59.8 cm³/mol. The number of likely N-dealkylation sites (tertiary alicyclic amines) is 1. The molecule has 0 aromatic heterocycles. The van der Waals surface area contributed by atoms with Crippen LogP contribution in [-0.2, 0) is 0 Å². The first-order chi connectivity index (χ1) is 7.33. The van der Waals surface area contributed by atoms with Crippen molar-refractivity contribution >= 4 is 0 Å². The molecule has 1 aromatic rings. The normalized spacial score (nSPS) is 24.3. The lowest BCUT2D eigenvalue weighted by Gasteiger charge is -2.28. The molecule has 1 aliphatic heterocycles. The van der Waals surface area contributed by atoms with E-state index >= 15 is 0 Å². The van der Waals surface area contributed by atoms with Crippen LogP contribution in [0.25, 0.3) is 0 Å². The highest BCUT2D eigenvalue weighted by molar-refractivity contribution is 5.20. The van der Waals surface area contributed by atoms with Crippen molar-refractivity contribution in [1.82, 2.24) is 10.4 Å². The lowest BCUT2D eigenvalue weighted by Crippen LogP contribution is -2.37. The molecule has 0 bridgehead atoms. The Balaban J connectivity index is 2.17. The first kappa shape index (κ1) is 10.6. The summed E-state index contributed by atoms with van der Waals surface area (Å²) in [7, 11) is 2.12. The van der Waals surface area contributed by atoms with Gasteiger partial charge in [-0.25, -0.2) is 0 Å². The Labute approximate surface area is 90.7 Å². The molecule has 3 heteroatoms. The van der Waals surface area contributed by atoms with E-state index < -0.39 is 0 Å². The van der Waals surface area contributed by atoms with Gasteiger partial charge >= 0.3 is 0 Å². The van der Waals surface area contributed by atoms with Crippen LogP contribution in [0.2, 0.25) is 0 Å². The molecule has 2 rings (SSSR count). The van der Waals surface area contributed by atoms with Gasteiger partial charge in [-0.15, -0.1) is 0 Å². The van der Waals surface area contributed by atoms with Gasteiger partial charge in [-0.3, -0.25) is 0 Å². The fourth-order valence-electron chi connectivity index (χ4n) is 2.40. The van der Waals surface area contributed by atoms with Crippen molar-refractivity contribution in [3.63, 3.8) is 0 Å². The standard InChI is InChI=1S/C12H18N2O/c1-14-9-5-8-11(14)12(13-15)10-6-3-2-4-7-10/h2-4,6-7,11-13,15H,5,8-9H2,1H3. The van der Waals surface area contributed by atoms with Crippen LogP contribution in [0.4, 0.5) is 0 Å². The highest BCUT2D eigenvalue weighted by Crippen LogP contribution is 2.27. The average molecular weight is 206 g/mol. The van der Waals surface area contributed by atoms with Crippen molar-refractivity contribution in [2.75, 3.05) is 13.6 Å². The number of rotatable bonds is 3. The summed E-state index contributed by atoms with van der Waals surface area (Å²) in [4.78, 5) is 2.31. The third kappa shape index (κ3) is 2.20. The average Bonchev–Trinajstić information content (AvgIpc) is 2.68. The number of hydrogen-bond acceptors (Lipinski definition) is 3. The maximum absolute atomic E-state index is 9.28. The third-order valence-corrected chi connectivity index (χ3v) is 3.26. The molecule has 0 spiro atoms. The van der Waals surface area contributed by atoms with Crippen LogP contribution in [0.15, 0.2) is 30.3 Å². The maximum Gasteiger partial charge on any atom is 0.0724 e. The van der Waals surface area contributed by atoms with Crippen LogP contribution in [-0.4, -0.2) is 29.7 Å². The van der Waals surface area contributed by atoms with E-state index in [0.717, 1.165) is 18.5 Å². The van der Waals surface area contributed by atoms with Gasteiger partial charge < -0.3 is 10.1 Å². The van der Waals surface area contributed by atoms with Crippen molar-refractivity contribution in [3.8, 4) is 0 Å². The zero-order valence-corrected chi connectivity index (χ0v) is 9.06. The number of nitrogens with one attached hydrogen (secondary N) is 1. The molecule has 15 heavy (non-hydrogen) atoms. The first-order valence-corrected chi connectivity index (χ1v) is 5.47. The maximum atomic E-state index is 9.28. The fraction of sp³-hybridized carbons (Fsp3) is 0.500. The molecule has 1 saturated heterocycles. The van der Waals surface area contributed by atoms with Gasteiger partial charge in [-0.1, -0.05) is 30.3 Å². The van der Waals surface area contributed by atoms with Crippen molar-refractivity contribution < 1.29 is 5.21 Å². The molecule has 2 atom stereocenters. The summed E-state index contributed by atoms with van der Waals surface area (Å²) in [5, 5.41) is 9.28. The lowest BCUT2D eigenvalue weighted by atomic mass is 9.98. The summed E-state index contributed by atoms with van der Waals surface area (Å²) in [6.45, 7) is 1.12. The van der Waals surface area contributed by atoms with E-state index in [1.807, 2.05) is 18.2 Å². The van der Waals surface area contributed by atoms with Crippen LogP contribution in [0.1, 0.15) is 24.4 Å². The van der Waals surface area contributed by atoms with E-state index in [1.165, 1.54) is 6.42 Å². The smallest absolute Gasteiger partial charge is 0.0724 e. The summed E-state index contributed by atoms with van der Waals surface area (Å²) in [6, 6.07) is 10.6. The zero-order valence-electron chi connectivity index (χ0n) is 9.06. The van der Waals surface area contributed by atoms with E-state index in [9.17, 15) is 5.21 Å². The molecule has 0 aliphatic carbocycles. The first-order valence-electron chi connectivity index (χ1n) is 5.47. The zero-order chi connectivity index (χ0) is 10.7. The molecule has 0 saturated carbocycles. The second kappa shape index (κ2) is 4.75. The van der Waals surface area contributed by atoms with E-state index in [-0.39, 0.29) is 6.04 Å². The highest BCUT2D eigenvalue weighted by atomic mass is 16.5. The van der Waals surface area contributed by atoms with Crippen LogP contribution in [0, 0.1) is 0 Å². The topological polar surface area (TPSA) is 35.5 Å². The summed E-state index contributed by atoms with van der Waals surface area (Å²) in [6.07, 6.45) is 2.36. The monoisotopic (exact) mass is 206 g/mol. The molecular formula is C12H18N2O. The van der Waals surface area contributed by atoms with E-state index in [0.29, 0.717) is 6.04 Å². The van der Waals surface area contributed by atoms with Crippen molar-refractivity contribution in [3.05, 3.63) is 35.9 Å². The Hall–Kier alpha value is -0.900. The van der Waals surface area contributed by atoms with Gasteiger partial charge in [-0.05, 0) is 32.0 Å². The van der Waals surface area contributed by atoms with Gasteiger partial charge in [0, 0.05) is 6.04 Å². The van der Waals surface area contributed by atoms with Crippen molar-refractivity contribution in [1.29, 1.82) is 0 Å². The minimum absolute atomic E-state index is 0.0266. The van der Waals surface area contributed by atoms with Gasteiger partial charge in [0.05, 0.1) is 6.04 Å². The van der Waals surface area contributed by atoms with Gasteiger partial charge in [-0.2, -0.15) is 5.48 Å². The Kier molecular flexibility index (Phi) is 3.36. The van der Waals surface area contributed by atoms with Crippen LogP contribution < -0.4 is 5.48 Å². The summed E-state index contributed by atoms with van der Waals surface area (Å²) in [5.74, 6) is 0.